The highest BCUT2D eigenvalue weighted by atomic mass is 79.9. The van der Waals surface area contributed by atoms with E-state index in [1.54, 1.807) is 60.7 Å². The number of carbonyl (C=O) groups excluding carboxylic acids is 2. The zero-order valence-corrected chi connectivity index (χ0v) is 28.6. The van der Waals surface area contributed by atoms with Crippen molar-refractivity contribution in [3.05, 3.63) is 129 Å². The van der Waals surface area contributed by atoms with Gasteiger partial charge in [0.15, 0.2) is 0 Å². The standard InChI is InChI=1S/C35H37BrClN3O4S/c1-4-26(3)38-35(42)33(21-27-9-6-5-7-10-27)39(23-28-15-17-30(37)18-16-28)34(41)24-40(31-12-8-11-29(36)22-31)45(43,44)32-19-13-25(2)14-20-32/h5-20,22,26,33H,4,21,23-24H2,1-3H3,(H,38,42)/t26-,33-/m0/s1. The average Bonchev–Trinajstić information content (AvgIpc) is 3.02. The van der Waals surface area contributed by atoms with Gasteiger partial charge in [-0.25, -0.2) is 8.42 Å². The summed E-state index contributed by atoms with van der Waals surface area (Å²) in [5.74, 6) is -0.841. The normalized spacial score (nSPS) is 12.6. The highest BCUT2D eigenvalue weighted by molar-refractivity contribution is 9.10. The minimum atomic E-state index is -4.18. The van der Waals surface area contributed by atoms with Crippen molar-refractivity contribution in [1.29, 1.82) is 0 Å². The molecule has 0 aromatic heterocycles. The molecule has 0 spiro atoms. The summed E-state index contributed by atoms with van der Waals surface area (Å²) in [5.41, 5.74) is 2.84. The first-order chi connectivity index (χ1) is 21.5. The molecule has 1 N–H and O–H groups in total. The van der Waals surface area contributed by atoms with Crippen molar-refractivity contribution < 1.29 is 18.0 Å². The summed E-state index contributed by atoms with van der Waals surface area (Å²) in [5, 5.41) is 3.58. The largest absolute Gasteiger partial charge is 0.352 e. The second-order valence-corrected chi connectivity index (χ2v) is 14.2. The van der Waals surface area contributed by atoms with E-state index in [0.717, 1.165) is 21.0 Å². The number of rotatable bonds is 13. The SMILES string of the molecule is CC[C@H](C)NC(=O)[C@H](Cc1ccccc1)N(Cc1ccc(Cl)cc1)C(=O)CN(c1cccc(Br)c1)S(=O)(=O)c1ccc(C)cc1. The quantitative estimate of drug-likeness (QED) is 0.160. The van der Waals surface area contributed by atoms with Crippen LogP contribution in [0.15, 0.2) is 112 Å². The number of carbonyl (C=O) groups is 2. The van der Waals surface area contributed by atoms with Crippen molar-refractivity contribution in [2.24, 2.45) is 0 Å². The Morgan fingerprint density at radius 1 is 0.889 bits per heavy atom. The second kappa shape index (κ2) is 15.6. The third kappa shape index (κ3) is 9.19. The lowest BCUT2D eigenvalue weighted by Gasteiger charge is -2.34. The lowest BCUT2D eigenvalue weighted by Crippen LogP contribution is -2.54. The highest BCUT2D eigenvalue weighted by Gasteiger charge is 2.35. The molecular weight excluding hydrogens is 674 g/mol. The van der Waals surface area contributed by atoms with Crippen LogP contribution in [0.1, 0.15) is 37.0 Å². The maximum Gasteiger partial charge on any atom is 0.264 e. The van der Waals surface area contributed by atoms with Crippen molar-refractivity contribution in [3.63, 3.8) is 0 Å². The van der Waals surface area contributed by atoms with E-state index in [0.29, 0.717) is 21.6 Å². The molecule has 0 fully saturated rings. The van der Waals surface area contributed by atoms with Gasteiger partial charge in [-0.05, 0) is 73.9 Å². The Kier molecular flexibility index (Phi) is 11.8. The van der Waals surface area contributed by atoms with Gasteiger partial charge in [0.1, 0.15) is 12.6 Å². The number of nitrogens with one attached hydrogen (secondary N) is 1. The van der Waals surface area contributed by atoms with E-state index in [9.17, 15) is 18.0 Å². The molecule has 10 heteroatoms. The topological polar surface area (TPSA) is 86.8 Å². The Morgan fingerprint density at radius 3 is 2.18 bits per heavy atom. The molecule has 0 saturated heterocycles. The molecule has 7 nitrogen and oxygen atoms in total. The Hall–Kier alpha value is -3.66. The number of hydrogen-bond acceptors (Lipinski definition) is 4. The number of nitrogens with zero attached hydrogens (tertiary/aromatic N) is 2. The molecule has 0 unspecified atom stereocenters. The molecule has 236 valence electrons. The first-order valence-corrected chi connectivity index (χ1v) is 17.3. The van der Waals surface area contributed by atoms with Gasteiger partial charge in [0.05, 0.1) is 10.6 Å². The summed E-state index contributed by atoms with van der Waals surface area (Å²) in [7, 11) is -4.18. The van der Waals surface area contributed by atoms with E-state index in [4.69, 9.17) is 11.6 Å². The number of benzene rings is 4. The van der Waals surface area contributed by atoms with Crippen LogP contribution in [0, 0.1) is 6.92 Å². The van der Waals surface area contributed by atoms with Gasteiger partial charge in [0.2, 0.25) is 11.8 Å². The van der Waals surface area contributed by atoms with E-state index in [1.165, 1.54) is 17.0 Å². The summed E-state index contributed by atoms with van der Waals surface area (Å²) in [4.78, 5) is 29.9. The van der Waals surface area contributed by atoms with Crippen molar-refractivity contribution >= 4 is 55.1 Å². The molecule has 2 atom stereocenters. The van der Waals surface area contributed by atoms with Crippen LogP contribution in [-0.4, -0.2) is 43.8 Å². The van der Waals surface area contributed by atoms with E-state index in [-0.39, 0.29) is 29.8 Å². The number of anilines is 1. The summed E-state index contributed by atoms with van der Waals surface area (Å²) in [6.07, 6.45) is 0.949. The Morgan fingerprint density at radius 2 is 1.56 bits per heavy atom. The monoisotopic (exact) mass is 709 g/mol. The molecule has 4 rings (SSSR count). The molecule has 0 aliphatic heterocycles. The lowest BCUT2D eigenvalue weighted by molar-refractivity contribution is -0.140. The molecule has 0 saturated carbocycles. The Bertz CT molecular complexity index is 1700. The predicted molar refractivity (Wildman–Crippen MR) is 184 cm³/mol. The molecule has 0 heterocycles. The molecule has 0 aliphatic rings. The smallest absolute Gasteiger partial charge is 0.264 e. The summed E-state index contributed by atoms with van der Waals surface area (Å²) >= 11 is 9.59. The summed E-state index contributed by atoms with van der Waals surface area (Å²) in [6.45, 7) is 5.30. The molecule has 0 radical (unpaired) electrons. The third-order valence-corrected chi connectivity index (χ3v) is 10.1. The number of aryl methyl sites for hydroxylation is 1. The van der Waals surface area contributed by atoms with Gasteiger partial charge in [-0.3, -0.25) is 13.9 Å². The van der Waals surface area contributed by atoms with Crippen LogP contribution in [0.3, 0.4) is 0 Å². The number of halogens is 2. The lowest BCUT2D eigenvalue weighted by atomic mass is 10.0. The van der Waals surface area contributed by atoms with Crippen LogP contribution in [0.2, 0.25) is 5.02 Å². The van der Waals surface area contributed by atoms with Crippen molar-refractivity contribution in [3.8, 4) is 0 Å². The van der Waals surface area contributed by atoms with Crippen molar-refractivity contribution in [2.45, 2.75) is 57.1 Å². The van der Waals surface area contributed by atoms with Gasteiger partial charge in [0, 0.05) is 28.5 Å². The molecule has 4 aromatic carbocycles. The number of sulfonamides is 1. The van der Waals surface area contributed by atoms with Gasteiger partial charge in [0.25, 0.3) is 10.0 Å². The Labute approximate surface area is 279 Å². The first-order valence-electron chi connectivity index (χ1n) is 14.7. The van der Waals surface area contributed by atoms with Crippen molar-refractivity contribution in [1.82, 2.24) is 10.2 Å². The van der Waals surface area contributed by atoms with Gasteiger partial charge in [-0.2, -0.15) is 0 Å². The van der Waals surface area contributed by atoms with Gasteiger partial charge in [-0.15, -0.1) is 0 Å². The summed E-state index contributed by atoms with van der Waals surface area (Å²) in [6, 6.07) is 28.8. The minimum Gasteiger partial charge on any atom is -0.352 e. The van der Waals surface area contributed by atoms with Crippen LogP contribution >= 0.6 is 27.5 Å². The van der Waals surface area contributed by atoms with Crippen LogP contribution in [0.5, 0.6) is 0 Å². The van der Waals surface area contributed by atoms with E-state index in [2.05, 4.69) is 21.2 Å². The van der Waals surface area contributed by atoms with E-state index < -0.39 is 28.5 Å². The van der Waals surface area contributed by atoms with Gasteiger partial charge >= 0.3 is 0 Å². The first kappa shape index (κ1) is 34.2. The average molecular weight is 711 g/mol. The molecule has 45 heavy (non-hydrogen) atoms. The maximum atomic E-state index is 14.5. The fourth-order valence-corrected chi connectivity index (χ4v) is 6.70. The second-order valence-electron chi connectivity index (χ2n) is 11.0. The predicted octanol–water partition coefficient (Wildman–Crippen LogP) is 7.16. The molecule has 0 aliphatic carbocycles. The highest BCUT2D eigenvalue weighted by Crippen LogP contribution is 2.28. The number of hydrogen-bond donors (Lipinski definition) is 1. The fourth-order valence-electron chi connectivity index (χ4n) is 4.78. The van der Waals surface area contributed by atoms with Crippen molar-refractivity contribution in [2.75, 3.05) is 10.8 Å². The molecule has 2 amide bonds. The minimum absolute atomic E-state index is 0.0560. The van der Waals surface area contributed by atoms with Crippen LogP contribution in [0.4, 0.5) is 5.69 Å². The maximum absolute atomic E-state index is 14.5. The fraction of sp³-hybridized carbons (Fsp3) is 0.257. The van der Waals surface area contributed by atoms with Crippen LogP contribution in [0.25, 0.3) is 0 Å². The van der Waals surface area contributed by atoms with E-state index >= 15 is 0 Å². The Balaban J connectivity index is 1.80. The van der Waals surface area contributed by atoms with E-state index in [1.807, 2.05) is 51.1 Å². The number of amides is 2. The molecule has 0 bridgehead atoms. The van der Waals surface area contributed by atoms with Crippen LogP contribution in [-0.2, 0) is 32.6 Å². The van der Waals surface area contributed by atoms with Crippen LogP contribution < -0.4 is 9.62 Å². The summed E-state index contributed by atoms with van der Waals surface area (Å²) < 4.78 is 30.0. The van der Waals surface area contributed by atoms with Gasteiger partial charge < -0.3 is 10.2 Å². The molecular formula is C35H37BrClN3O4S. The third-order valence-electron chi connectivity index (χ3n) is 7.52. The zero-order valence-electron chi connectivity index (χ0n) is 25.5. The zero-order chi connectivity index (χ0) is 32.6. The van der Waals surface area contributed by atoms with Gasteiger partial charge in [-0.1, -0.05) is 101 Å². The molecule has 4 aromatic rings.